The van der Waals surface area contributed by atoms with E-state index in [1.165, 1.54) is 0 Å². The van der Waals surface area contributed by atoms with Gasteiger partial charge in [-0.25, -0.2) is 0 Å². The fourth-order valence-electron chi connectivity index (χ4n) is 2.63. The zero-order chi connectivity index (χ0) is 22.2. The lowest BCUT2D eigenvalue weighted by atomic mass is 10.2. The largest absolute Gasteiger partial charge is 0.492 e. The SMILES string of the molecule is CC(C)COc1ccc(Br)cc1C(=O)NC(=S)Nc1ccc(Oc2ccccc2)cc1. The van der Waals surface area contributed by atoms with E-state index in [-0.39, 0.29) is 11.0 Å². The molecule has 0 atom stereocenters. The molecule has 0 fully saturated rings. The predicted molar refractivity (Wildman–Crippen MR) is 131 cm³/mol. The topological polar surface area (TPSA) is 59.6 Å². The average Bonchev–Trinajstić information content (AvgIpc) is 2.74. The van der Waals surface area contributed by atoms with Crippen molar-refractivity contribution >= 4 is 44.9 Å². The Morgan fingerprint density at radius 3 is 2.35 bits per heavy atom. The quantitative estimate of drug-likeness (QED) is 0.369. The van der Waals surface area contributed by atoms with Crippen molar-refractivity contribution in [2.45, 2.75) is 13.8 Å². The predicted octanol–water partition coefficient (Wildman–Crippen LogP) is 6.40. The number of carbonyl (C=O) groups is 1. The number of ether oxygens (including phenoxy) is 2. The minimum atomic E-state index is -0.346. The van der Waals surface area contributed by atoms with Crippen molar-refractivity contribution in [3.8, 4) is 17.2 Å². The molecule has 0 saturated heterocycles. The third kappa shape index (κ3) is 7.08. The first kappa shape index (κ1) is 22.8. The highest BCUT2D eigenvalue weighted by molar-refractivity contribution is 9.10. The van der Waals surface area contributed by atoms with Crippen LogP contribution in [0, 0.1) is 5.92 Å². The number of benzene rings is 3. The van der Waals surface area contributed by atoms with Gasteiger partial charge >= 0.3 is 0 Å². The van der Waals surface area contributed by atoms with E-state index in [0.717, 1.165) is 15.9 Å². The molecule has 0 bridgehead atoms. The van der Waals surface area contributed by atoms with Gasteiger partial charge in [-0.15, -0.1) is 0 Å². The summed E-state index contributed by atoms with van der Waals surface area (Å²) < 4.78 is 12.3. The molecular formula is C24H23BrN2O3S. The van der Waals surface area contributed by atoms with Crippen LogP contribution < -0.4 is 20.1 Å². The van der Waals surface area contributed by atoms with Crippen LogP contribution in [0.1, 0.15) is 24.2 Å². The maximum Gasteiger partial charge on any atom is 0.261 e. The summed E-state index contributed by atoms with van der Waals surface area (Å²) in [5.74, 6) is 1.97. The molecule has 5 nitrogen and oxygen atoms in total. The average molecular weight is 499 g/mol. The van der Waals surface area contributed by atoms with Crippen LogP contribution in [0.2, 0.25) is 0 Å². The Labute approximate surface area is 195 Å². The number of nitrogens with one attached hydrogen (secondary N) is 2. The minimum absolute atomic E-state index is 0.191. The van der Waals surface area contributed by atoms with Crippen molar-refractivity contribution in [2.75, 3.05) is 11.9 Å². The van der Waals surface area contributed by atoms with E-state index in [1.807, 2.05) is 74.5 Å². The Hall–Kier alpha value is -2.90. The van der Waals surface area contributed by atoms with Crippen LogP contribution in [-0.2, 0) is 0 Å². The molecule has 2 N–H and O–H groups in total. The molecule has 7 heteroatoms. The zero-order valence-electron chi connectivity index (χ0n) is 17.2. The summed E-state index contributed by atoms with van der Waals surface area (Å²) >= 11 is 8.70. The summed E-state index contributed by atoms with van der Waals surface area (Å²) in [5, 5.41) is 5.90. The third-order valence-electron chi connectivity index (χ3n) is 4.08. The maximum absolute atomic E-state index is 12.8. The number of anilines is 1. The van der Waals surface area contributed by atoms with Gasteiger partial charge in [0.15, 0.2) is 5.11 Å². The maximum atomic E-state index is 12.8. The Morgan fingerprint density at radius 2 is 1.68 bits per heavy atom. The van der Waals surface area contributed by atoms with Gasteiger partial charge in [-0.05, 0) is 72.7 Å². The zero-order valence-corrected chi connectivity index (χ0v) is 19.6. The molecule has 0 aliphatic rings. The van der Waals surface area contributed by atoms with E-state index in [0.29, 0.717) is 29.6 Å². The van der Waals surface area contributed by atoms with Crippen molar-refractivity contribution < 1.29 is 14.3 Å². The fraction of sp³-hybridized carbons (Fsp3) is 0.167. The summed E-state index contributed by atoms with van der Waals surface area (Å²) in [7, 11) is 0. The molecule has 0 radical (unpaired) electrons. The molecule has 3 aromatic rings. The molecule has 0 heterocycles. The van der Waals surface area contributed by atoms with Crippen LogP contribution in [0.3, 0.4) is 0 Å². The normalized spacial score (nSPS) is 10.5. The first-order valence-electron chi connectivity index (χ1n) is 9.78. The molecule has 0 saturated carbocycles. The standard InChI is InChI=1S/C24H23BrN2O3S/c1-16(2)15-29-22-13-8-17(25)14-21(22)23(28)27-24(31)26-18-9-11-20(12-10-18)30-19-6-4-3-5-7-19/h3-14,16H,15H2,1-2H3,(H2,26,27,28,31). The van der Waals surface area contributed by atoms with Gasteiger partial charge in [-0.1, -0.05) is 48.0 Å². The van der Waals surface area contributed by atoms with E-state index in [4.69, 9.17) is 21.7 Å². The Morgan fingerprint density at radius 1 is 1.00 bits per heavy atom. The van der Waals surface area contributed by atoms with Gasteiger partial charge in [0.05, 0.1) is 12.2 Å². The van der Waals surface area contributed by atoms with Crippen molar-refractivity contribution in [3.05, 3.63) is 82.8 Å². The van der Waals surface area contributed by atoms with Crippen LogP contribution in [0.15, 0.2) is 77.3 Å². The smallest absolute Gasteiger partial charge is 0.261 e. The molecule has 0 aromatic heterocycles. The van der Waals surface area contributed by atoms with Gasteiger partial charge in [0.25, 0.3) is 5.91 Å². The fourth-order valence-corrected chi connectivity index (χ4v) is 3.20. The second-order valence-electron chi connectivity index (χ2n) is 7.19. The number of carbonyl (C=O) groups excluding carboxylic acids is 1. The minimum Gasteiger partial charge on any atom is -0.492 e. The molecule has 3 rings (SSSR count). The van der Waals surface area contributed by atoms with Gasteiger partial charge in [-0.3, -0.25) is 10.1 Å². The van der Waals surface area contributed by atoms with Crippen LogP contribution in [0.5, 0.6) is 17.2 Å². The third-order valence-corrected chi connectivity index (χ3v) is 4.77. The van der Waals surface area contributed by atoms with Crippen molar-refractivity contribution in [3.63, 3.8) is 0 Å². The monoisotopic (exact) mass is 498 g/mol. The molecule has 0 aliphatic heterocycles. The Bertz CT molecular complexity index is 1040. The molecule has 160 valence electrons. The van der Waals surface area contributed by atoms with Crippen molar-refractivity contribution in [1.82, 2.24) is 5.32 Å². The van der Waals surface area contributed by atoms with Crippen LogP contribution in [-0.4, -0.2) is 17.6 Å². The number of rotatable bonds is 7. The molecule has 31 heavy (non-hydrogen) atoms. The first-order valence-corrected chi connectivity index (χ1v) is 11.0. The molecule has 0 spiro atoms. The summed E-state index contributed by atoms with van der Waals surface area (Å²) in [4.78, 5) is 12.8. The Kier molecular flexibility index (Phi) is 8.03. The van der Waals surface area contributed by atoms with Crippen LogP contribution in [0.4, 0.5) is 5.69 Å². The van der Waals surface area contributed by atoms with E-state index >= 15 is 0 Å². The lowest BCUT2D eigenvalue weighted by Crippen LogP contribution is -2.34. The van der Waals surface area contributed by atoms with Gasteiger partial charge in [0.1, 0.15) is 17.2 Å². The molecule has 0 unspecified atom stereocenters. The number of thiocarbonyl (C=S) groups is 1. The number of hydrogen-bond donors (Lipinski definition) is 2. The van der Waals surface area contributed by atoms with E-state index in [2.05, 4.69) is 26.6 Å². The molecule has 0 aliphatic carbocycles. The van der Waals surface area contributed by atoms with E-state index in [1.54, 1.807) is 12.1 Å². The first-order chi connectivity index (χ1) is 14.9. The number of halogens is 1. The van der Waals surface area contributed by atoms with Gasteiger partial charge in [0.2, 0.25) is 0 Å². The summed E-state index contributed by atoms with van der Waals surface area (Å²) in [6.07, 6.45) is 0. The second kappa shape index (κ2) is 10.9. The molecule has 3 aromatic carbocycles. The van der Waals surface area contributed by atoms with Crippen LogP contribution in [0.25, 0.3) is 0 Å². The molecule has 1 amide bonds. The van der Waals surface area contributed by atoms with Gasteiger partial charge < -0.3 is 14.8 Å². The highest BCUT2D eigenvalue weighted by atomic mass is 79.9. The van der Waals surface area contributed by atoms with Gasteiger partial charge in [0, 0.05) is 10.2 Å². The van der Waals surface area contributed by atoms with Crippen molar-refractivity contribution in [2.24, 2.45) is 5.92 Å². The van der Waals surface area contributed by atoms with Gasteiger partial charge in [-0.2, -0.15) is 0 Å². The van der Waals surface area contributed by atoms with Crippen molar-refractivity contribution in [1.29, 1.82) is 0 Å². The Balaban J connectivity index is 1.60. The highest BCUT2D eigenvalue weighted by Gasteiger charge is 2.15. The molecular weight excluding hydrogens is 476 g/mol. The summed E-state index contributed by atoms with van der Waals surface area (Å²) in [6.45, 7) is 4.61. The van der Waals surface area contributed by atoms with E-state index in [9.17, 15) is 4.79 Å². The number of amides is 1. The summed E-state index contributed by atoms with van der Waals surface area (Å²) in [6, 6.07) is 22.2. The highest BCUT2D eigenvalue weighted by Crippen LogP contribution is 2.25. The number of hydrogen-bond acceptors (Lipinski definition) is 4. The lowest BCUT2D eigenvalue weighted by Gasteiger charge is -2.15. The number of para-hydroxylation sites is 1. The van der Waals surface area contributed by atoms with E-state index < -0.39 is 0 Å². The van der Waals surface area contributed by atoms with Crippen LogP contribution >= 0.6 is 28.1 Å². The lowest BCUT2D eigenvalue weighted by molar-refractivity contribution is 0.0973. The summed E-state index contributed by atoms with van der Waals surface area (Å²) in [5.41, 5.74) is 1.14. The second-order valence-corrected chi connectivity index (χ2v) is 8.52.